The van der Waals surface area contributed by atoms with Crippen LogP contribution in [0.25, 0.3) is 0 Å². The van der Waals surface area contributed by atoms with Crippen LogP contribution in [-0.2, 0) is 6.54 Å². The zero-order valence-electron chi connectivity index (χ0n) is 10.6. The quantitative estimate of drug-likeness (QED) is 0.916. The molecule has 0 radical (unpaired) electrons. The highest BCUT2D eigenvalue weighted by Crippen LogP contribution is 2.23. The highest BCUT2D eigenvalue weighted by Gasteiger charge is 2.22. The molecule has 0 saturated carbocycles. The topological polar surface area (TPSA) is 15.3 Å². The Morgan fingerprint density at radius 3 is 3.06 bits per heavy atom. The molecule has 1 fully saturated rings. The molecular weight excluding hydrogens is 296 g/mol. The highest BCUT2D eigenvalue weighted by molar-refractivity contribution is 9.11. The molecule has 2 rings (SSSR count). The average molecular weight is 317 g/mol. The Kier molecular flexibility index (Phi) is 5.03. The Morgan fingerprint density at radius 2 is 2.41 bits per heavy atom. The molecular formula is C13H21BrN2S. The molecule has 2 nitrogen and oxygen atoms in total. The predicted octanol–water partition coefficient (Wildman–Crippen LogP) is 3.33. The molecule has 1 N–H and O–H groups in total. The van der Waals surface area contributed by atoms with E-state index in [0.717, 1.165) is 12.5 Å². The number of piperidine rings is 1. The smallest absolute Gasteiger partial charge is 0.0701 e. The zero-order valence-corrected chi connectivity index (χ0v) is 13.0. The first-order valence-corrected chi connectivity index (χ1v) is 7.92. The first-order chi connectivity index (χ1) is 8.15. The number of rotatable bonds is 4. The van der Waals surface area contributed by atoms with Crippen LogP contribution in [0.3, 0.4) is 0 Å². The van der Waals surface area contributed by atoms with Gasteiger partial charge in [0.05, 0.1) is 3.79 Å². The molecule has 0 amide bonds. The van der Waals surface area contributed by atoms with Gasteiger partial charge in [-0.2, -0.15) is 0 Å². The van der Waals surface area contributed by atoms with E-state index < -0.39 is 0 Å². The first-order valence-electron chi connectivity index (χ1n) is 6.31. The molecule has 0 aromatic carbocycles. The van der Waals surface area contributed by atoms with Crippen LogP contribution < -0.4 is 5.32 Å². The maximum absolute atomic E-state index is 3.67. The largest absolute Gasteiger partial charge is 0.309 e. The first kappa shape index (κ1) is 13.5. The van der Waals surface area contributed by atoms with E-state index in [1.165, 1.54) is 34.6 Å². The zero-order chi connectivity index (χ0) is 12.3. The van der Waals surface area contributed by atoms with Crippen LogP contribution in [0.4, 0.5) is 0 Å². The van der Waals surface area contributed by atoms with Crippen molar-refractivity contribution in [1.29, 1.82) is 0 Å². The van der Waals surface area contributed by atoms with Crippen molar-refractivity contribution in [1.82, 2.24) is 10.2 Å². The second-order valence-electron chi connectivity index (χ2n) is 5.04. The number of hydrogen-bond donors (Lipinski definition) is 1. The Hall–Kier alpha value is 0.1000. The standard InChI is InChI=1S/C13H21BrN2S/c1-10(11-4-3-7-16(2)9-11)15-8-12-5-6-13(14)17-12/h5-6,10-11,15H,3-4,7-9H2,1-2H3. The number of thiophene rings is 1. The average Bonchev–Trinajstić information content (AvgIpc) is 2.72. The van der Waals surface area contributed by atoms with Crippen molar-refractivity contribution in [3.05, 3.63) is 20.8 Å². The second-order valence-corrected chi connectivity index (χ2v) is 7.59. The van der Waals surface area contributed by atoms with Gasteiger partial charge in [-0.15, -0.1) is 11.3 Å². The molecule has 1 aromatic rings. The van der Waals surface area contributed by atoms with Crippen LogP contribution in [-0.4, -0.2) is 31.1 Å². The lowest BCUT2D eigenvalue weighted by Crippen LogP contribution is -2.42. The van der Waals surface area contributed by atoms with Crippen LogP contribution in [0.5, 0.6) is 0 Å². The van der Waals surface area contributed by atoms with Gasteiger partial charge in [-0.1, -0.05) is 0 Å². The van der Waals surface area contributed by atoms with Gasteiger partial charge in [0.15, 0.2) is 0 Å². The Balaban J connectivity index is 1.78. The van der Waals surface area contributed by atoms with E-state index in [2.05, 4.69) is 52.3 Å². The third-order valence-electron chi connectivity index (χ3n) is 3.60. The highest BCUT2D eigenvalue weighted by atomic mass is 79.9. The van der Waals surface area contributed by atoms with Crippen LogP contribution in [0.15, 0.2) is 15.9 Å². The second kappa shape index (κ2) is 6.32. The van der Waals surface area contributed by atoms with E-state index in [9.17, 15) is 0 Å². The van der Waals surface area contributed by atoms with Crippen molar-refractivity contribution in [2.45, 2.75) is 32.4 Å². The van der Waals surface area contributed by atoms with Crippen LogP contribution in [0, 0.1) is 5.92 Å². The fourth-order valence-electron chi connectivity index (χ4n) is 2.49. The molecule has 96 valence electrons. The third kappa shape index (κ3) is 4.05. The van der Waals surface area contributed by atoms with E-state index in [1.54, 1.807) is 0 Å². The molecule has 2 atom stereocenters. The number of nitrogens with zero attached hydrogens (tertiary/aromatic N) is 1. The summed E-state index contributed by atoms with van der Waals surface area (Å²) >= 11 is 5.33. The van der Waals surface area contributed by atoms with Crippen molar-refractivity contribution >= 4 is 27.3 Å². The van der Waals surface area contributed by atoms with Gasteiger partial charge in [-0.25, -0.2) is 0 Å². The normalized spacial score (nSPS) is 23.8. The maximum atomic E-state index is 3.67. The lowest BCUT2D eigenvalue weighted by molar-refractivity contribution is 0.178. The number of likely N-dealkylation sites (tertiary alicyclic amines) is 1. The van der Waals surface area contributed by atoms with Gasteiger partial charge < -0.3 is 10.2 Å². The van der Waals surface area contributed by atoms with Gasteiger partial charge in [0.2, 0.25) is 0 Å². The Morgan fingerprint density at radius 1 is 1.59 bits per heavy atom. The molecule has 1 aromatic heterocycles. The SMILES string of the molecule is CC(NCc1ccc(Br)s1)C1CCCN(C)C1. The third-order valence-corrected chi connectivity index (χ3v) is 5.22. The van der Waals surface area contributed by atoms with Gasteiger partial charge in [0, 0.05) is 24.0 Å². The minimum atomic E-state index is 0.610. The Bertz CT molecular complexity index is 353. The molecule has 17 heavy (non-hydrogen) atoms. The van der Waals surface area contributed by atoms with Crippen LogP contribution in [0.1, 0.15) is 24.6 Å². The van der Waals surface area contributed by atoms with Crippen molar-refractivity contribution in [3.63, 3.8) is 0 Å². The van der Waals surface area contributed by atoms with Gasteiger partial charge in [-0.3, -0.25) is 0 Å². The summed E-state index contributed by atoms with van der Waals surface area (Å²) in [6.45, 7) is 5.83. The molecule has 4 heteroatoms. The van der Waals surface area contributed by atoms with Gasteiger partial charge in [0.25, 0.3) is 0 Å². The summed E-state index contributed by atoms with van der Waals surface area (Å²) in [7, 11) is 2.23. The molecule has 2 heterocycles. The molecule has 0 spiro atoms. The van der Waals surface area contributed by atoms with E-state index in [-0.39, 0.29) is 0 Å². The monoisotopic (exact) mass is 316 g/mol. The fraction of sp³-hybridized carbons (Fsp3) is 0.692. The number of nitrogens with one attached hydrogen (secondary N) is 1. The fourth-order valence-corrected chi connectivity index (χ4v) is 3.92. The molecule has 0 aliphatic carbocycles. The summed E-state index contributed by atoms with van der Waals surface area (Å²) in [5, 5.41) is 3.67. The minimum absolute atomic E-state index is 0.610. The Labute approximate surface area is 117 Å². The summed E-state index contributed by atoms with van der Waals surface area (Å²) in [5.41, 5.74) is 0. The van der Waals surface area contributed by atoms with E-state index in [0.29, 0.717) is 6.04 Å². The number of halogens is 1. The molecule has 0 bridgehead atoms. The van der Waals surface area contributed by atoms with Crippen molar-refractivity contribution < 1.29 is 0 Å². The van der Waals surface area contributed by atoms with Crippen molar-refractivity contribution in [3.8, 4) is 0 Å². The van der Waals surface area contributed by atoms with Crippen LogP contribution >= 0.6 is 27.3 Å². The predicted molar refractivity (Wildman–Crippen MR) is 78.5 cm³/mol. The van der Waals surface area contributed by atoms with Gasteiger partial charge in [-0.05, 0) is 67.3 Å². The summed E-state index contributed by atoms with van der Waals surface area (Å²) < 4.78 is 1.22. The van der Waals surface area contributed by atoms with E-state index in [4.69, 9.17) is 0 Å². The lowest BCUT2D eigenvalue weighted by atomic mass is 9.92. The molecule has 2 unspecified atom stereocenters. The van der Waals surface area contributed by atoms with E-state index >= 15 is 0 Å². The summed E-state index contributed by atoms with van der Waals surface area (Å²) in [6, 6.07) is 4.93. The van der Waals surface area contributed by atoms with E-state index in [1.807, 2.05) is 11.3 Å². The molecule has 1 saturated heterocycles. The van der Waals surface area contributed by atoms with Crippen molar-refractivity contribution in [2.24, 2.45) is 5.92 Å². The lowest BCUT2D eigenvalue weighted by Gasteiger charge is -2.33. The minimum Gasteiger partial charge on any atom is -0.309 e. The summed E-state index contributed by atoms with van der Waals surface area (Å²) in [6.07, 6.45) is 2.71. The van der Waals surface area contributed by atoms with Crippen LogP contribution in [0.2, 0.25) is 0 Å². The summed E-state index contributed by atoms with van der Waals surface area (Å²) in [4.78, 5) is 3.86. The molecule has 1 aliphatic rings. The molecule has 1 aliphatic heterocycles. The summed E-state index contributed by atoms with van der Waals surface area (Å²) in [5.74, 6) is 0.803. The maximum Gasteiger partial charge on any atom is 0.0701 e. The van der Waals surface area contributed by atoms with Gasteiger partial charge >= 0.3 is 0 Å². The number of hydrogen-bond acceptors (Lipinski definition) is 3. The van der Waals surface area contributed by atoms with Crippen molar-refractivity contribution in [2.75, 3.05) is 20.1 Å². The van der Waals surface area contributed by atoms with Gasteiger partial charge in [0.1, 0.15) is 0 Å².